The van der Waals surface area contributed by atoms with Gasteiger partial charge in [0.2, 0.25) is 5.91 Å². The van der Waals surface area contributed by atoms with Crippen LogP contribution in [-0.2, 0) is 24.2 Å². The van der Waals surface area contributed by atoms with Gasteiger partial charge in [-0.1, -0.05) is 36.4 Å². The van der Waals surface area contributed by atoms with E-state index in [1.54, 1.807) is 21.3 Å². The topological polar surface area (TPSA) is 69.3 Å². The van der Waals surface area contributed by atoms with Crippen LogP contribution in [-0.4, -0.2) is 58.5 Å². The maximum atomic E-state index is 13.0. The number of amides is 1. The van der Waals surface area contributed by atoms with E-state index in [2.05, 4.69) is 10.2 Å². The first kappa shape index (κ1) is 28.2. The van der Waals surface area contributed by atoms with Gasteiger partial charge in [0.05, 0.1) is 41.2 Å². The largest absolute Gasteiger partial charge is 0.493 e. The van der Waals surface area contributed by atoms with Crippen LogP contribution in [0.15, 0.2) is 60.7 Å². The minimum atomic E-state index is -0.429. The summed E-state index contributed by atoms with van der Waals surface area (Å²) in [5, 5.41) is 3.06. The van der Waals surface area contributed by atoms with Gasteiger partial charge in [-0.05, 0) is 59.4 Å². The van der Waals surface area contributed by atoms with E-state index in [1.807, 2.05) is 60.7 Å². The summed E-state index contributed by atoms with van der Waals surface area (Å²) in [4.78, 5) is 15.2. The summed E-state index contributed by atoms with van der Waals surface area (Å²) in [5.74, 6) is 2.51. The maximum Gasteiger partial charge on any atom is 0.234 e. The zero-order valence-corrected chi connectivity index (χ0v) is 22.9. The van der Waals surface area contributed by atoms with E-state index in [0.29, 0.717) is 48.9 Å². The average Bonchev–Trinajstić information content (AvgIpc) is 2.97. The first-order valence-corrected chi connectivity index (χ1v) is 13.2. The molecule has 0 spiro atoms. The van der Waals surface area contributed by atoms with Crippen molar-refractivity contribution in [2.75, 3.05) is 47.7 Å². The molecular formula is C31H37FN2O5. The fourth-order valence-corrected chi connectivity index (χ4v) is 4.97. The number of carbonyl (C=O) groups is 1. The third kappa shape index (κ3) is 7.20. The molecule has 0 fully saturated rings. The molecule has 0 aromatic heterocycles. The van der Waals surface area contributed by atoms with E-state index < -0.39 is 6.67 Å². The predicted octanol–water partition coefficient (Wildman–Crippen LogP) is 4.91. The highest BCUT2D eigenvalue weighted by atomic mass is 19.1. The number of halogens is 1. The SMILES string of the molecule is COc1ccc(CC2c3cc(OC)c(OCCCF)cc3CCN2CC(=O)NCc2ccccc2)cc1OC. The zero-order chi connectivity index (χ0) is 27.6. The summed E-state index contributed by atoms with van der Waals surface area (Å²) < 4.78 is 35.1. The monoisotopic (exact) mass is 536 g/mol. The Morgan fingerprint density at radius 1 is 0.923 bits per heavy atom. The predicted molar refractivity (Wildman–Crippen MR) is 149 cm³/mol. The van der Waals surface area contributed by atoms with E-state index in [-0.39, 0.29) is 25.1 Å². The van der Waals surface area contributed by atoms with Crippen molar-refractivity contribution in [2.45, 2.75) is 31.8 Å². The third-order valence-corrected chi connectivity index (χ3v) is 6.99. The van der Waals surface area contributed by atoms with Crippen LogP contribution in [0.25, 0.3) is 0 Å². The minimum Gasteiger partial charge on any atom is -0.493 e. The number of hydrogen-bond acceptors (Lipinski definition) is 6. The van der Waals surface area contributed by atoms with Gasteiger partial charge < -0.3 is 24.3 Å². The highest BCUT2D eigenvalue weighted by molar-refractivity contribution is 5.78. The Kier molecular flexibility index (Phi) is 10.0. The fourth-order valence-electron chi connectivity index (χ4n) is 4.97. The van der Waals surface area contributed by atoms with Gasteiger partial charge in [-0.2, -0.15) is 0 Å². The van der Waals surface area contributed by atoms with E-state index in [0.717, 1.165) is 28.7 Å². The van der Waals surface area contributed by atoms with Crippen LogP contribution in [0.2, 0.25) is 0 Å². The Hall–Kier alpha value is -3.78. The van der Waals surface area contributed by atoms with Crippen LogP contribution >= 0.6 is 0 Å². The Morgan fingerprint density at radius 2 is 1.67 bits per heavy atom. The molecule has 0 saturated heterocycles. The number of hydrogen-bond donors (Lipinski definition) is 1. The Bertz CT molecular complexity index is 1240. The van der Waals surface area contributed by atoms with Crippen molar-refractivity contribution in [3.8, 4) is 23.0 Å². The number of carbonyl (C=O) groups excluding carboxylic acids is 1. The molecule has 3 aromatic carbocycles. The molecule has 3 aromatic rings. The molecule has 1 aliphatic heterocycles. The standard InChI is InChI=1S/C31H37FN2O5/c1-36-27-11-10-23(17-28(27)37-2)16-26-25-19-29(38-3)30(39-15-7-13-32)18-24(25)12-14-34(26)21-31(35)33-20-22-8-5-4-6-9-22/h4-6,8-11,17-19,26H,7,12-16,20-21H2,1-3H3,(H,33,35). The van der Waals surface area contributed by atoms with E-state index in [4.69, 9.17) is 18.9 Å². The van der Waals surface area contributed by atoms with Crippen molar-refractivity contribution in [1.82, 2.24) is 10.2 Å². The molecule has 208 valence electrons. The molecule has 1 heterocycles. The molecule has 1 atom stereocenters. The van der Waals surface area contributed by atoms with Crippen molar-refractivity contribution >= 4 is 5.91 Å². The molecule has 4 rings (SSSR count). The lowest BCUT2D eigenvalue weighted by Gasteiger charge is -2.37. The molecule has 0 aliphatic carbocycles. The second-order valence-corrected chi connectivity index (χ2v) is 9.48. The lowest BCUT2D eigenvalue weighted by atomic mass is 9.88. The normalized spacial score (nSPS) is 14.8. The van der Waals surface area contributed by atoms with Gasteiger partial charge in [-0.15, -0.1) is 0 Å². The maximum absolute atomic E-state index is 13.0. The molecule has 7 nitrogen and oxygen atoms in total. The lowest BCUT2D eigenvalue weighted by Crippen LogP contribution is -2.43. The number of benzene rings is 3. The van der Waals surface area contributed by atoms with Crippen molar-refractivity contribution in [3.63, 3.8) is 0 Å². The quantitative estimate of drug-likeness (QED) is 0.313. The van der Waals surface area contributed by atoms with Crippen LogP contribution < -0.4 is 24.3 Å². The number of rotatable bonds is 13. The molecule has 39 heavy (non-hydrogen) atoms. The van der Waals surface area contributed by atoms with Gasteiger partial charge in [0.25, 0.3) is 0 Å². The van der Waals surface area contributed by atoms with Crippen molar-refractivity contribution in [2.24, 2.45) is 0 Å². The van der Waals surface area contributed by atoms with Crippen LogP contribution in [0.3, 0.4) is 0 Å². The van der Waals surface area contributed by atoms with Crippen LogP contribution in [0.5, 0.6) is 23.0 Å². The van der Waals surface area contributed by atoms with Crippen LogP contribution in [0, 0.1) is 0 Å². The van der Waals surface area contributed by atoms with E-state index in [1.165, 1.54) is 0 Å². The third-order valence-electron chi connectivity index (χ3n) is 6.99. The lowest BCUT2D eigenvalue weighted by molar-refractivity contribution is -0.123. The van der Waals surface area contributed by atoms with Crippen LogP contribution in [0.1, 0.15) is 34.7 Å². The van der Waals surface area contributed by atoms with Gasteiger partial charge in [-0.3, -0.25) is 14.1 Å². The first-order chi connectivity index (χ1) is 19.1. The number of fused-ring (bicyclic) bond motifs is 1. The molecule has 1 unspecified atom stereocenters. The summed E-state index contributed by atoms with van der Waals surface area (Å²) >= 11 is 0. The highest BCUT2D eigenvalue weighted by Gasteiger charge is 2.31. The van der Waals surface area contributed by atoms with Gasteiger partial charge in [0.1, 0.15) is 0 Å². The highest BCUT2D eigenvalue weighted by Crippen LogP contribution is 2.40. The minimum absolute atomic E-state index is 0.0299. The number of nitrogens with zero attached hydrogens (tertiary/aromatic N) is 1. The molecule has 0 saturated carbocycles. The van der Waals surface area contributed by atoms with Crippen LogP contribution in [0.4, 0.5) is 4.39 Å². The Morgan fingerprint density at radius 3 is 2.38 bits per heavy atom. The molecular weight excluding hydrogens is 499 g/mol. The van der Waals surface area contributed by atoms with E-state index >= 15 is 0 Å². The van der Waals surface area contributed by atoms with E-state index in [9.17, 15) is 9.18 Å². The average molecular weight is 537 g/mol. The number of alkyl halides is 1. The fraction of sp³-hybridized carbons (Fsp3) is 0.387. The summed E-state index contributed by atoms with van der Waals surface area (Å²) in [6.07, 6.45) is 1.74. The molecule has 1 amide bonds. The first-order valence-electron chi connectivity index (χ1n) is 13.2. The van der Waals surface area contributed by atoms with Gasteiger partial charge in [0.15, 0.2) is 23.0 Å². The zero-order valence-electron chi connectivity index (χ0n) is 22.9. The molecule has 0 radical (unpaired) electrons. The number of methoxy groups -OCH3 is 3. The van der Waals surface area contributed by atoms with Gasteiger partial charge in [-0.25, -0.2) is 0 Å². The molecule has 1 N–H and O–H groups in total. The van der Waals surface area contributed by atoms with Crippen molar-refractivity contribution in [1.29, 1.82) is 0 Å². The summed E-state index contributed by atoms with van der Waals surface area (Å²) in [6, 6.07) is 19.7. The van der Waals surface area contributed by atoms with Gasteiger partial charge in [0, 0.05) is 25.6 Å². The molecule has 1 aliphatic rings. The number of ether oxygens (including phenoxy) is 4. The summed E-state index contributed by atoms with van der Waals surface area (Å²) in [5.41, 5.74) is 4.34. The van der Waals surface area contributed by atoms with Gasteiger partial charge >= 0.3 is 0 Å². The van der Waals surface area contributed by atoms with Crippen molar-refractivity contribution < 1.29 is 28.1 Å². The Balaban J connectivity index is 1.61. The van der Waals surface area contributed by atoms with Crippen molar-refractivity contribution in [3.05, 3.63) is 82.9 Å². The number of nitrogens with one attached hydrogen (secondary N) is 1. The molecule has 8 heteroatoms. The summed E-state index contributed by atoms with van der Waals surface area (Å²) in [7, 11) is 4.84. The second kappa shape index (κ2) is 13.8. The second-order valence-electron chi connectivity index (χ2n) is 9.48. The Labute approximate surface area is 229 Å². The molecule has 0 bridgehead atoms. The summed E-state index contributed by atoms with van der Waals surface area (Å²) in [6.45, 7) is 1.31. The smallest absolute Gasteiger partial charge is 0.234 e.